The molecule has 1 aliphatic rings. The van der Waals surface area contributed by atoms with Crippen molar-refractivity contribution in [3.8, 4) is 5.75 Å². The quantitative estimate of drug-likeness (QED) is 0.882. The van der Waals surface area contributed by atoms with Crippen LogP contribution < -0.4 is 5.32 Å². The molecule has 0 saturated carbocycles. The molecule has 0 aliphatic carbocycles. The lowest BCUT2D eigenvalue weighted by Gasteiger charge is -2.23. The number of hydrogen-bond donors (Lipinski definition) is 2. The van der Waals surface area contributed by atoms with Crippen molar-refractivity contribution in [2.45, 2.75) is 18.9 Å². The number of phenolic OH excluding ortho intramolecular Hbond substituents is 1. The van der Waals surface area contributed by atoms with E-state index in [1.54, 1.807) is 6.07 Å². The van der Waals surface area contributed by atoms with Crippen LogP contribution in [0.25, 0.3) is 10.8 Å². The van der Waals surface area contributed by atoms with Crippen molar-refractivity contribution in [3.05, 3.63) is 42.0 Å². The Hall–Kier alpha value is -2.07. The second-order valence-corrected chi connectivity index (χ2v) is 5.04. The van der Waals surface area contributed by atoms with Gasteiger partial charge in [0.2, 0.25) is 0 Å². The molecule has 1 heterocycles. The van der Waals surface area contributed by atoms with Gasteiger partial charge in [-0.25, -0.2) is 0 Å². The minimum Gasteiger partial charge on any atom is -0.506 e. The Morgan fingerprint density at radius 1 is 1.15 bits per heavy atom. The molecular formula is C16H17NO3. The van der Waals surface area contributed by atoms with Gasteiger partial charge in [0.15, 0.2) is 0 Å². The molecule has 1 fully saturated rings. The molecule has 4 nitrogen and oxygen atoms in total. The number of amides is 1. The van der Waals surface area contributed by atoms with Crippen molar-refractivity contribution in [2.75, 3.05) is 13.2 Å². The maximum absolute atomic E-state index is 12.3. The van der Waals surface area contributed by atoms with Crippen LogP contribution in [-0.2, 0) is 4.74 Å². The first-order valence-electron chi connectivity index (χ1n) is 6.85. The third-order valence-corrected chi connectivity index (χ3v) is 3.70. The van der Waals surface area contributed by atoms with E-state index in [9.17, 15) is 9.90 Å². The summed E-state index contributed by atoms with van der Waals surface area (Å²) in [7, 11) is 0. The molecule has 104 valence electrons. The summed E-state index contributed by atoms with van der Waals surface area (Å²) in [5.41, 5.74) is 0.329. The van der Waals surface area contributed by atoms with E-state index in [1.165, 1.54) is 0 Å². The van der Waals surface area contributed by atoms with Gasteiger partial charge in [0.05, 0.1) is 5.56 Å². The van der Waals surface area contributed by atoms with Gasteiger partial charge in [-0.3, -0.25) is 4.79 Å². The van der Waals surface area contributed by atoms with Crippen molar-refractivity contribution in [1.82, 2.24) is 5.32 Å². The van der Waals surface area contributed by atoms with Crippen LogP contribution in [0.3, 0.4) is 0 Å². The zero-order valence-electron chi connectivity index (χ0n) is 11.1. The number of fused-ring (bicyclic) bond motifs is 1. The van der Waals surface area contributed by atoms with Gasteiger partial charge >= 0.3 is 0 Å². The first-order valence-corrected chi connectivity index (χ1v) is 6.85. The van der Waals surface area contributed by atoms with E-state index < -0.39 is 0 Å². The minimum absolute atomic E-state index is 0.0488. The number of ether oxygens (including phenoxy) is 1. The van der Waals surface area contributed by atoms with Crippen molar-refractivity contribution in [2.24, 2.45) is 0 Å². The van der Waals surface area contributed by atoms with E-state index in [4.69, 9.17) is 4.74 Å². The highest BCUT2D eigenvalue weighted by Crippen LogP contribution is 2.28. The van der Waals surface area contributed by atoms with Gasteiger partial charge in [0.25, 0.3) is 5.91 Å². The first-order chi connectivity index (χ1) is 9.75. The molecule has 0 spiro atoms. The Kier molecular flexibility index (Phi) is 3.56. The fourth-order valence-corrected chi connectivity index (χ4v) is 2.54. The average Bonchev–Trinajstić information content (AvgIpc) is 2.49. The Morgan fingerprint density at radius 2 is 1.90 bits per heavy atom. The molecule has 0 unspecified atom stereocenters. The number of hydrogen-bond acceptors (Lipinski definition) is 3. The molecule has 0 atom stereocenters. The van der Waals surface area contributed by atoms with E-state index >= 15 is 0 Å². The fraction of sp³-hybridized carbons (Fsp3) is 0.312. The normalized spacial score (nSPS) is 16.2. The van der Waals surface area contributed by atoms with Crippen molar-refractivity contribution >= 4 is 16.7 Å². The lowest BCUT2D eigenvalue weighted by molar-refractivity contribution is 0.0695. The van der Waals surface area contributed by atoms with Crippen LogP contribution in [0.4, 0.5) is 0 Å². The summed E-state index contributed by atoms with van der Waals surface area (Å²) in [6.45, 7) is 1.35. The molecule has 3 rings (SSSR count). The Balaban J connectivity index is 1.85. The van der Waals surface area contributed by atoms with Crippen molar-refractivity contribution < 1.29 is 14.6 Å². The van der Waals surface area contributed by atoms with Crippen LogP contribution >= 0.6 is 0 Å². The van der Waals surface area contributed by atoms with Gasteiger partial charge < -0.3 is 15.2 Å². The average molecular weight is 271 g/mol. The zero-order chi connectivity index (χ0) is 13.9. The van der Waals surface area contributed by atoms with E-state index in [1.807, 2.05) is 30.3 Å². The molecule has 0 bridgehead atoms. The number of benzene rings is 2. The zero-order valence-corrected chi connectivity index (χ0v) is 11.1. The number of aromatic hydroxyl groups is 1. The van der Waals surface area contributed by atoms with E-state index in [2.05, 4.69) is 5.32 Å². The maximum Gasteiger partial charge on any atom is 0.255 e. The number of carbonyl (C=O) groups is 1. The third kappa shape index (κ3) is 2.47. The number of phenols is 1. The molecule has 2 N–H and O–H groups in total. The highest BCUT2D eigenvalue weighted by atomic mass is 16.5. The summed E-state index contributed by atoms with van der Waals surface area (Å²) in [5, 5.41) is 14.9. The maximum atomic E-state index is 12.3. The van der Waals surface area contributed by atoms with Crippen LogP contribution in [0.1, 0.15) is 23.2 Å². The van der Waals surface area contributed by atoms with Crippen LogP contribution in [-0.4, -0.2) is 30.3 Å². The Bertz CT molecular complexity index is 633. The van der Waals surface area contributed by atoms with Gasteiger partial charge in [-0.15, -0.1) is 0 Å². The lowest BCUT2D eigenvalue weighted by Crippen LogP contribution is -2.38. The highest BCUT2D eigenvalue weighted by molar-refractivity contribution is 6.03. The summed E-state index contributed by atoms with van der Waals surface area (Å²) in [4.78, 5) is 12.3. The van der Waals surface area contributed by atoms with Crippen molar-refractivity contribution in [1.29, 1.82) is 0 Å². The number of carbonyl (C=O) groups excluding carboxylic acids is 1. The van der Waals surface area contributed by atoms with E-state index in [0.717, 1.165) is 18.2 Å². The van der Waals surface area contributed by atoms with Crippen LogP contribution in [0.2, 0.25) is 0 Å². The van der Waals surface area contributed by atoms with Gasteiger partial charge in [-0.2, -0.15) is 0 Å². The third-order valence-electron chi connectivity index (χ3n) is 3.70. The SMILES string of the molecule is O=C(NC1CCOCC1)c1ccc2ccccc2c1O. The summed E-state index contributed by atoms with van der Waals surface area (Å²) < 4.78 is 5.27. The summed E-state index contributed by atoms with van der Waals surface area (Å²) >= 11 is 0. The van der Waals surface area contributed by atoms with Crippen molar-refractivity contribution in [3.63, 3.8) is 0 Å². The second-order valence-electron chi connectivity index (χ2n) is 5.04. The van der Waals surface area contributed by atoms with Crippen LogP contribution in [0, 0.1) is 0 Å². The molecule has 20 heavy (non-hydrogen) atoms. The molecule has 1 saturated heterocycles. The summed E-state index contributed by atoms with van der Waals surface area (Å²) in [5.74, 6) is -0.173. The minimum atomic E-state index is -0.222. The molecule has 4 heteroatoms. The van der Waals surface area contributed by atoms with Gasteiger partial charge in [-0.05, 0) is 24.3 Å². The predicted molar refractivity (Wildman–Crippen MR) is 76.9 cm³/mol. The monoisotopic (exact) mass is 271 g/mol. The topological polar surface area (TPSA) is 58.6 Å². The van der Waals surface area contributed by atoms with E-state index in [-0.39, 0.29) is 17.7 Å². The molecule has 0 aromatic heterocycles. The Labute approximate surface area is 117 Å². The molecule has 0 radical (unpaired) electrons. The largest absolute Gasteiger partial charge is 0.506 e. The molecule has 1 aliphatic heterocycles. The molecule has 1 amide bonds. The van der Waals surface area contributed by atoms with Gasteiger partial charge in [0.1, 0.15) is 5.75 Å². The molecular weight excluding hydrogens is 254 g/mol. The molecule has 2 aromatic rings. The summed E-state index contributed by atoms with van der Waals surface area (Å²) in [6, 6.07) is 11.1. The smallest absolute Gasteiger partial charge is 0.255 e. The highest BCUT2D eigenvalue weighted by Gasteiger charge is 2.19. The van der Waals surface area contributed by atoms with Gasteiger partial charge in [0, 0.05) is 24.6 Å². The molecule has 2 aromatic carbocycles. The lowest BCUT2D eigenvalue weighted by atomic mass is 10.0. The number of rotatable bonds is 2. The van der Waals surface area contributed by atoms with Crippen LogP contribution in [0.15, 0.2) is 36.4 Å². The standard InChI is InChI=1S/C16H17NO3/c18-15-13-4-2-1-3-11(13)5-6-14(15)16(19)17-12-7-9-20-10-8-12/h1-6,12,18H,7-10H2,(H,17,19). The van der Waals surface area contributed by atoms with E-state index in [0.29, 0.717) is 24.2 Å². The first kappa shape index (κ1) is 12.9. The summed E-state index contributed by atoms with van der Waals surface area (Å²) in [6.07, 6.45) is 1.64. The fourth-order valence-electron chi connectivity index (χ4n) is 2.54. The Morgan fingerprint density at radius 3 is 2.70 bits per heavy atom. The van der Waals surface area contributed by atoms with Gasteiger partial charge in [-0.1, -0.05) is 30.3 Å². The predicted octanol–water partition coefficient (Wildman–Crippen LogP) is 2.45. The van der Waals surface area contributed by atoms with Crippen LogP contribution in [0.5, 0.6) is 5.75 Å². The number of nitrogens with one attached hydrogen (secondary N) is 1. The second kappa shape index (κ2) is 5.51.